The molecule has 0 amide bonds. The van der Waals surface area contributed by atoms with Crippen LogP contribution in [0.5, 0.6) is 0 Å². The molecule has 0 saturated carbocycles. The second-order valence-electron chi connectivity index (χ2n) is 5.50. The van der Waals surface area contributed by atoms with Crippen LogP contribution in [0.2, 0.25) is 0 Å². The molecule has 0 aromatic rings. The Bertz CT molecular complexity index is 299. The normalized spacial score (nSPS) is 22.6. The van der Waals surface area contributed by atoms with Gasteiger partial charge < -0.3 is 10.6 Å². The summed E-state index contributed by atoms with van der Waals surface area (Å²) in [6, 6.07) is 0. The first kappa shape index (κ1) is 13.4. The van der Waals surface area contributed by atoms with Crippen molar-refractivity contribution in [2.45, 2.75) is 57.8 Å². The molecule has 0 spiro atoms. The summed E-state index contributed by atoms with van der Waals surface area (Å²) >= 11 is 0. The fraction of sp³-hybridized carbons (Fsp3) is 0.800. The van der Waals surface area contributed by atoms with Crippen LogP contribution in [0.4, 0.5) is 0 Å². The van der Waals surface area contributed by atoms with Crippen LogP contribution in [0.1, 0.15) is 57.8 Å². The van der Waals surface area contributed by atoms with E-state index in [1.54, 1.807) is 5.57 Å². The number of hydrogen-bond acceptors (Lipinski definition) is 1. The van der Waals surface area contributed by atoms with Crippen molar-refractivity contribution in [1.29, 1.82) is 0 Å². The smallest absolute Gasteiger partial charge is 0.191 e. The lowest BCUT2D eigenvalue weighted by molar-refractivity contribution is 0.428. The van der Waals surface area contributed by atoms with Crippen LogP contribution in [0.25, 0.3) is 0 Å². The highest BCUT2D eigenvalue weighted by Crippen LogP contribution is 2.19. The molecule has 3 nitrogen and oxygen atoms in total. The number of guanidine groups is 1. The topological polar surface area (TPSA) is 41.6 Å². The van der Waals surface area contributed by atoms with Crippen LogP contribution in [-0.4, -0.2) is 30.5 Å². The van der Waals surface area contributed by atoms with E-state index in [4.69, 9.17) is 5.73 Å². The van der Waals surface area contributed by atoms with Crippen LogP contribution >= 0.6 is 0 Å². The number of hydrogen-bond donors (Lipinski definition) is 1. The average molecular weight is 249 g/mol. The lowest BCUT2D eigenvalue weighted by Gasteiger charge is -2.21. The minimum absolute atomic E-state index is 0.772. The van der Waals surface area contributed by atoms with Gasteiger partial charge in [0.05, 0.1) is 0 Å². The zero-order valence-electron chi connectivity index (χ0n) is 11.5. The highest BCUT2D eigenvalue weighted by Gasteiger charge is 2.10. The van der Waals surface area contributed by atoms with Gasteiger partial charge in [-0.15, -0.1) is 0 Å². The Morgan fingerprint density at radius 3 is 2.56 bits per heavy atom. The number of allylic oxidation sites excluding steroid dienone is 1. The van der Waals surface area contributed by atoms with Gasteiger partial charge in [-0.05, 0) is 44.9 Å². The number of aliphatic imine (C=N–C) groups is 1. The van der Waals surface area contributed by atoms with Gasteiger partial charge in [-0.1, -0.05) is 24.5 Å². The third kappa shape index (κ3) is 4.35. The molecule has 0 unspecified atom stereocenters. The molecule has 1 aliphatic heterocycles. The number of nitrogens with zero attached hydrogens (tertiary/aromatic N) is 2. The monoisotopic (exact) mass is 249 g/mol. The highest BCUT2D eigenvalue weighted by atomic mass is 15.2. The van der Waals surface area contributed by atoms with Crippen molar-refractivity contribution in [3.8, 4) is 0 Å². The summed E-state index contributed by atoms with van der Waals surface area (Å²) in [5.41, 5.74) is 7.68. The summed E-state index contributed by atoms with van der Waals surface area (Å²) in [6.07, 6.45) is 14.0. The van der Waals surface area contributed by atoms with Crippen LogP contribution in [0, 0.1) is 0 Å². The number of likely N-dealkylation sites (tertiary alicyclic amines) is 1. The summed E-state index contributed by atoms with van der Waals surface area (Å²) in [5, 5.41) is 0. The third-order valence-corrected chi connectivity index (χ3v) is 4.02. The minimum Gasteiger partial charge on any atom is -0.370 e. The molecule has 1 aliphatic carbocycles. The van der Waals surface area contributed by atoms with Gasteiger partial charge in [0.2, 0.25) is 0 Å². The fourth-order valence-electron chi connectivity index (χ4n) is 2.85. The maximum absolute atomic E-state index is 6.09. The third-order valence-electron chi connectivity index (χ3n) is 4.02. The van der Waals surface area contributed by atoms with Crippen molar-refractivity contribution in [3.05, 3.63) is 11.6 Å². The fourth-order valence-corrected chi connectivity index (χ4v) is 2.85. The van der Waals surface area contributed by atoms with Crippen molar-refractivity contribution < 1.29 is 0 Å². The van der Waals surface area contributed by atoms with Gasteiger partial charge in [-0.2, -0.15) is 0 Å². The maximum atomic E-state index is 6.09. The van der Waals surface area contributed by atoms with Gasteiger partial charge in [0.25, 0.3) is 0 Å². The molecule has 0 atom stereocenters. The summed E-state index contributed by atoms with van der Waals surface area (Å²) in [4.78, 5) is 6.83. The SMILES string of the molecule is NC(=NCCC1=CCCCC1)N1CCCCCC1. The maximum Gasteiger partial charge on any atom is 0.191 e. The Morgan fingerprint density at radius 1 is 1.11 bits per heavy atom. The van der Waals surface area contributed by atoms with E-state index in [0.29, 0.717) is 0 Å². The lowest BCUT2D eigenvalue weighted by Crippen LogP contribution is -2.38. The Labute approximate surface area is 111 Å². The lowest BCUT2D eigenvalue weighted by atomic mass is 9.97. The molecule has 18 heavy (non-hydrogen) atoms. The standard InChI is InChI=1S/C15H27N3/c16-15(18-12-6-1-2-7-13-18)17-11-10-14-8-4-3-5-9-14/h8H,1-7,9-13H2,(H2,16,17). The van der Waals surface area contributed by atoms with E-state index in [-0.39, 0.29) is 0 Å². The second-order valence-corrected chi connectivity index (χ2v) is 5.50. The molecular weight excluding hydrogens is 222 g/mol. The molecule has 0 aromatic carbocycles. The Morgan fingerprint density at radius 2 is 1.89 bits per heavy atom. The van der Waals surface area contributed by atoms with Crippen LogP contribution in [0.15, 0.2) is 16.6 Å². The molecule has 2 rings (SSSR count). The van der Waals surface area contributed by atoms with Crippen molar-refractivity contribution in [3.63, 3.8) is 0 Å². The molecule has 3 heteroatoms. The summed E-state index contributed by atoms with van der Waals surface area (Å²) < 4.78 is 0. The van der Waals surface area contributed by atoms with Crippen LogP contribution < -0.4 is 5.73 Å². The molecule has 2 aliphatic rings. The molecule has 2 N–H and O–H groups in total. The number of nitrogens with two attached hydrogens (primary N) is 1. The van der Waals surface area contributed by atoms with Crippen molar-refractivity contribution in [2.24, 2.45) is 10.7 Å². The van der Waals surface area contributed by atoms with Crippen molar-refractivity contribution in [2.75, 3.05) is 19.6 Å². The molecule has 1 fully saturated rings. The van der Waals surface area contributed by atoms with E-state index in [1.807, 2.05) is 0 Å². The molecule has 1 saturated heterocycles. The predicted octanol–water partition coefficient (Wildman–Crippen LogP) is 3.07. The van der Waals surface area contributed by atoms with E-state index in [0.717, 1.165) is 32.0 Å². The molecule has 1 heterocycles. The Balaban J connectivity index is 1.75. The largest absolute Gasteiger partial charge is 0.370 e. The van der Waals surface area contributed by atoms with E-state index >= 15 is 0 Å². The summed E-state index contributed by atoms with van der Waals surface area (Å²) in [6.45, 7) is 3.06. The molecular formula is C15H27N3. The van der Waals surface area contributed by atoms with E-state index in [1.165, 1.54) is 51.4 Å². The first-order chi connectivity index (χ1) is 8.86. The number of rotatable bonds is 3. The molecule has 0 bridgehead atoms. The highest BCUT2D eigenvalue weighted by molar-refractivity contribution is 5.78. The van der Waals surface area contributed by atoms with Crippen LogP contribution in [0.3, 0.4) is 0 Å². The first-order valence-electron chi connectivity index (χ1n) is 7.59. The van der Waals surface area contributed by atoms with Crippen molar-refractivity contribution >= 4 is 5.96 Å². The summed E-state index contributed by atoms with van der Waals surface area (Å²) in [7, 11) is 0. The quantitative estimate of drug-likeness (QED) is 0.474. The zero-order valence-corrected chi connectivity index (χ0v) is 11.5. The molecule has 0 aromatic heterocycles. The summed E-state index contributed by atoms with van der Waals surface area (Å²) in [5.74, 6) is 0.772. The van der Waals surface area contributed by atoms with Gasteiger partial charge >= 0.3 is 0 Å². The predicted molar refractivity (Wildman–Crippen MR) is 77.7 cm³/mol. The minimum atomic E-state index is 0.772. The zero-order chi connectivity index (χ0) is 12.6. The molecule has 102 valence electrons. The van der Waals surface area contributed by atoms with E-state index in [9.17, 15) is 0 Å². The van der Waals surface area contributed by atoms with Crippen molar-refractivity contribution in [1.82, 2.24) is 4.90 Å². The average Bonchev–Trinajstić information content (AvgIpc) is 2.69. The van der Waals surface area contributed by atoms with Gasteiger partial charge in [-0.3, -0.25) is 4.99 Å². The van der Waals surface area contributed by atoms with Gasteiger partial charge in [0.15, 0.2) is 5.96 Å². The first-order valence-corrected chi connectivity index (χ1v) is 7.59. The Hall–Kier alpha value is -0.990. The van der Waals surface area contributed by atoms with Gasteiger partial charge in [-0.25, -0.2) is 0 Å². The van der Waals surface area contributed by atoms with Gasteiger partial charge in [0.1, 0.15) is 0 Å². The molecule has 0 radical (unpaired) electrons. The van der Waals surface area contributed by atoms with Gasteiger partial charge in [0, 0.05) is 19.6 Å². The Kier molecular flexibility index (Phi) is 5.56. The van der Waals surface area contributed by atoms with E-state index < -0.39 is 0 Å². The van der Waals surface area contributed by atoms with Crippen LogP contribution in [-0.2, 0) is 0 Å². The second kappa shape index (κ2) is 7.45. The van der Waals surface area contributed by atoms with E-state index in [2.05, 4.69) is 16.0 Å².